The van der Waals surface area contributed by atoms with Crippen LogP contribution in [0.1, 0.15) is 52.9 Å². The fourth-order valence-corrected chi connectivity index (χ4v) is 2.43. The highest BCUT2D eigenvalue weighted by molar-refractivity contribution is 5.82. The van der Waals surface area contributed by atoms with Gasteiger partial charge >= 0.3 is 0 Å². The number of piperidine rings is 1. The summed E-state index contributed by atoms with van der Waals surface area (Å²) in [5.74, 6) is 0.315. The van der Waals surface area contributed by atoms with Crippen molar-refractivity contribution in [1.82, 2.24) is 10.2 Å². The summed E-state index contributed by atoms with van der Waals surface area (Å²) < 4.78 is 0. The summed E-state index contributed by atoms with van der Waals surface area (Å²) in [4.78, 5) is 14.3. The van der Waals surface area contributed by atoms with E-state index in [0.29, 0.717) is 11.9 Å². The molecule has 0 aromatic carbocycles. The number of nitrogens with one attached hydrogen (secondary N) is 1. The topological polar surface area (TPSA) is 32.3 Å². The minimum absolute atomic E-state index is 0.0712. The van der Waals surface area contributed by atoms with Gasteiger partial charge in [0.25, 0.3) is 0 Å². The molecule has 94 valence electrons. The summed E-state index contributed by atoms with van der Waals surface area (Å²) in [7, 11) is 0. The van der Waals surface area contributed by atoms with E-state index in [2.05, 4.69) is 26.1 Å². The second kappa shape index (κ2) is 6.89. The number of amides is 1. The van der Waals surface area contributed by atoms with Gasteiger partial charge < -0.3 is 10.2 Å². The molecule has 1 aliphatic heterocycles. The number of carbonyl (C=O) groups excluding carboxylic acids is 1. The van der Waals surface area contributed by atoms with Crippen molar-refractivity contribution in [2.75, 3.05) is 13.1 Å². The van der Waals surface area contributed by atoms with Gasteiger partial charge in [-0.05, 0) is 39.0 Å². The van der Waals surface area contributed by atoms with Gasteiger partial charge in [0.15, 0.2) is 0 Å². The van der Waals surface area contributed by atoms with Crippen LogP contribution >= 0.6 is 0 Å². The Labute approximate surface area is 99.6 Å². The standard InChI is InChI=1S/C13H26N2O/c1-4-9-15(10-5-2)13(16)12-8-6-7-11(3)14-12/h11-12,14H,4-10H2,1-3H3. The molecule has 0 spiro atoms. The van der Waals surface area contributed by atoms with Crippen molar-refractivity contribution in [2.45, 2.75) is 65.0 Å². The molecule has 0 aliphatic carbocycles. The number of rotatable bonds is 5. The van der Waals surface area contributed by atoms with Crippen molar-refractivity contribution >= 4 is 5.91 Å². The predicted octanol–water partition coefficient (Wildman–Crippen LogP) is 2.17. The molecule has 0 aromatic rings. The Bertz CT molecular complexity index is 205. The van der Waals surface area contributed by atoms with Crippen LogP contribution in [0.25, 0.3) is 0 Å². The Kier molecular flexibility index (Phi) is 5.81. The molecule has 1 fully saturated rings. The highest BCUT2D eigenvalue weighted by atomic mass is 16.2. The largest absolute Gasteiger partial charge is 0.341 e. The van der Waals surface area contributed by atoms with Crippen LogP contribution in [0.2, 0.25) is 0 Å². The molecule has 0 aromatic heterocycles. The maximum Gasteiger partial charge on any atom is 0.239 e. The van der Waals surface area contributed by atoms with E-state index in [9.17, 15) is 4.79 Å². The van der Waals surface area contributed by atoms with Gasteiger partial charge in [0.1, 0.15) is 0 Å². The van der Waals surface area contributed by atoms with Gasteiger partial charge in [-0.25, -0.2) is 0 Å². The summed E-state index contributed by atoms with van der Waals surface area (Å²) in [5.41, 5.74) is 0. The molecule has 3 nitrogen and oxygen atoms in total. The highest BCUT2D eigenvalue weighted by Crippen LogP contribution is 2.14. The highest BCUT2D eigenvalue weighted by Gasteiger charge is 2.27. The van der Waals surface area contributed by atoms with E-state index < -0.39 is 0 Å². The quantitative estimate of drug-likeness (QED) is 0.779. The molecular formula is C13H26N2O. The average molecular weight is 226 g/mol. The van der Waals surface area contributed by atoms with Crippen LogP contribution in [0.4, 0.5) is 0 Å². The SMILES string of the molecule is CCCN(CCC)C(=O)C1CCCC(C)N1. The third kappa shape index (κ3) is 3.78. The maximum absolute atomic E-state index is 12.3. The first kappa shape index (κ1) is 13.5. The normalized spacial score (nSPS) is 25.4. The summed E-state index contributed by atoms with van der Waals surface area (Å²) in [5, 5.41) is 3.42. The zero-order valence-electron chi connectivity index (χ0n) is 11.0. The van der Waals surface area contributed by atoms with Gasteiger partial charge in [-0.3, -0.25) is 4.79 Å². The molecule has 1 amide bonds. The lowest BCUT2D eigenvalue weighted by atomic mass is 9.98. The van der Waals surface area contributed by atoms with Crippen LogP contribution in [0.5, 0.6) is 0 Å². The van der Waals surface area contributed by atoms with Crippen molar-refractivity contribution in [3.05, 3.63) is 0 Å². The lowest BCUT2D eigenvalue weighted by Crippen LogP contribution is -2.51. The van der Waals surface area contributed by atoms with Gasteiger partial charge in [-0.2, -0.15) is 0 Å². The van der Waals surface area contributed by atoms with E-state index >= 15 is 0 Å². The predicted molar refractivity (Wildman–Crippen MR) is 67.4 cm³/mol. The van der Waals surface area contributed by atoms with Crippen LogP contribution in [-0.2, 0) is 4.79 Å². The first-order valence-corrected chi connectivity index (χ1v) is 6.73. The molecule has 1 rings (SSSR count). The van der Waals surface area contributed by atoms with Crippen LogP contribution in [0.3, 0.4) is 0 Å². The van der Waals surface area contributed by atoms with Crippen molar-refractivity contribution in [3.63, 3.8) is 0 Å². The summed E-state index contributed by atoms with van der Waals surface area (Å²) in [6, 6.07) is 0.564. The molecule has 0 radical (unpaired) electrons. The van der Waals surface area contributed by atoms with Crippen molar-refractivity contribution in [1.29, 1.82) is 0 Å². The van der Waals surface area contributed by atoms with E-state index in [4.69, 9.17) is 0 Å². The van der Waals surface area contributed by atoms with Gasteiger partial charge in [-0.1, -0.05) is 13.8 Å². The Hall–Kier alpha value is -0.570. The molecule has 0 bridgehead atoms. The fraction of sp³-hybridized carbons (Fsp3) is 0.923. The molecule has 1 saturated heterocycles. The zero-order valence-corrected chi connectivity index (χ0v) is 11.0. The number of carbonyl (C=O) groups is 1. The molecule has 3 heteroatoms. The minimum atomic E-state index is 0.0712. The average Bonchev–Trinajstić information content (AvgIpc) is 2.28. The van der Waals surface area contributed by atoms with E-state index in [0.717, 1.165) is 32.4 Å². The molecule has 2 unspecified atom stereocenters. The second-order valence-corrected chi connectivity index (χ2v) is 4.88. The lowest BCUT2D eigenvalue weighted by molar-refractivity contribution is -0.134. The molecule has 1 N–H and O–H groups in total. The van der Waals surface area contributed by atoms with E-state index in [1.807, 2.05) is 4.90 Å². The first-order chi connectivity index (χ1) is 7.69. The van der Waals surface area contributed by atoms with E-state index in [1.165, 1.54) is 12.8 Å². The lowest BCUT2D eigenvalue weighted by Gasteiger charge is -2.32. The number of nitrogens with zero attached hydrogens (tertiary/aromatic N) is 1. The Morgan fingerprint density at radius 2 is 1.88 bits per heavy atom. The summed E-state index contributed by atoms with van der Waals surface area (Å²) in [6.07, 6.45) is 5.48. The van der Waals surface area contributed by atoms with Gasteiger partial charge in [-0.15, -0.1) is 0 Å². The van der Waals surface area contributed by atoms with Gasteiger partial charge in [0.05, 0.1) is 6.04 Å². The minimum Gasteiger partial charge on any atom is -0.341 e. The van der Waals surface area contributed by atoms with Crippen molar-refractivity contribution in [3.8, 4) is 0 Å². The first-order valence-electron chi connectivity index (χ1n) is 6.73. The smallest absolute Gasteiger partial charge is 0.239 e. The van der Waals surface area contributed by atoms with Crippen molar-refractivity contribution < 1.29 is 4.79 Å². The van der Waals surface area contributed by atoms with E-state index in [1.54, 1.807) is 0 Å². The molecule has 1 aliphatic rings. The molecule has 2 atom stereocenters. The van der Waals surface area contributed by atoms with Gasteiger partial charge in [0.2, 0.25) is 5.91 Å². The number of hydrogen-bond donors (Lipinski definition) is 1. The Balaban J connectivity index is 2.51. The van der Waals surface area contributed by atoms with Crippen molar-refractivity contribution in [2.24, 2.45) is 0 Å². The van der Waals surface area contributed by atoms with Crippen LogP contribution in [0.15, 0.2) is 0 Å². The monoisotopic (exact) mass is 226 g/mol. The third-order valence-electron chi connectivity index (χ3n) is 3.21. The van der Waals surface area contributed by atoms with E-state index in [-0.39, 0.29) is 6.04 Å². The molecule has 1 heterocycles. The summed E-state index contributed by atoms with van der Waals surface area (Å²) >= 11 is 0. The molecule has 16 heavy (non-hydrogen) atoms. The maximum atomic E-state index is 12.3. The Morgan fingerprint density at radius 1 is 1.25 bits per heavy atom. The number of hydrogen-bond acceptors (Lipinski definition) is 2. The van der Waals surface area contributed by atoms with Crippen LogP contribution in [0, 0.1) is 0 Å². The summed E-state index contributed by atoms with van der Waals surface area (Å²) in [6.45, 7) is 8.24. The molecule has 0 saturated carbocycles. The Morgan fingerprint density at radius 3 is 2.38 bits per heavy atom. The second-order valence-electron chi connectivity index (χ2n) is 4.88. The van der Waals surface area contributed by atoms with Crippen LogP contribution in [-0.4, -0.2) is 36.0 Å². The van der Waals surface area contributed by atoms with Crippen LogP contribution < -0.4 is 5.32 Å². The van der Waals surface area contributed by atoms with Gasteiger partial charge in [0, 0.05) is 19.1 Å². The molecular weight excluding hydrogens is 200 g/mol. The zero-order chi connectivity index (χ0) is 12.0. The third-order valence-corrected chi connectivity index (χ3v) is 3.21. The fourth-order valence-electron chi connectivity index (χ4n) is 2.43.